The topological polar surface area (TPSA) is 52.6 Å². The van der Waals surface area contributed by atoms with E-state index in [1.807, 2.05) is 0 Å². The molecule has 6 rings (SSSR count). The highest BCUT2D eigenvalue weighted by Gasteiger charge is 2.49. The van der Waals surface area contributed by atoms with E-state index < -0.39 is 35.8 Å². The summed E-state index contributed by atoms with van der Waals surface area (Å²) in [6, 6.07) is 16.7. The molecule has 3 aromatic carbocycles. The molecule has 8 heteroatoms. The second kappa shape index (κ2) is 10.4. The molecule has 192 valence electrons. The molecule has 0 saturated carbocycles. The normalized spacial score (nSPS) is 22.6. The number of halogens is 3. The molecule has 0 aromatic heterocycles. The summed E-state index contributed by atoms with van der Waals surface area (Å²) in [5.74, 6) is -1.35. The van der Waals surface area contributed by atoms with Gasteiger partial charge in [-0.2, -0.15) is 0 Å². The molecule has 2 bridgehead atoms. The van der Waals surface area contributed by atoms with Gasteiger partial charge in [0.25, 0.3) is 0 Å². The molecule has 0 radical (unpaired) electrons. The zero-order valence-corrected chi connectivity index (χ0v) is 20.1. The van der Waals surface area contributed by atoms with Gasteiger partial charge in [0.05, 0.1) is 13.1 Å². The highest BCUT2D eigenvalue weighted by Crippen LogP contribution is 2.37. The van der Waals surface area contributed by atoms with Crippen molar-refractivity contribution in [1.29, 1.82) is 0 Å². The number of fused-ring (bicyclic) bond motifs is 3. The quantitative estimate of drug-likeness (QED) is 0.228. The van der Waals surface area contributed by atoms with Crippen molar-refractivity contribution in [3.63, 3.8) is 0 Å². The van der Waals surface area contributed by atoms with Crippen LogP contribution in [-0.2, 0) is 9.47 Å². The largest absolute Gasteiger partial charge is 0.509 e. The molecular formula is C29H27F3NO4+. The van der Waals surface area contributed by atoms with Gasteiger partial charge in [0.2, 0.25) is 5.78 Å². The lowest BCUT2D eigenvalue weighted by Gasteiger charge is -2.51. The van der Waals surface area contributed by atoms with E-state index in [1.165, 1.54) is 60.7 Å². The van der Waals surface area contributed by atoms with Crippen LogP contribution in [0.5, 0.6) is 0 Å². The van der Waals surface area contributed by atoms with Crippen LogP contribution in [0.25, 0.3) is 0 Å². The van der Waals surface area contributed by atoms with Crippen LogP contribution in [0.15, 0.2) is 72.8 Å². The minimum atomic E-state index is -1.05. The van der Waals surface area contributed by atoms with Crippen molar-refractivity contribution in [2.24, 2.45) is 5.92 Å². The first kappa shape index (κ1) is 25.0. The fourth-order valence-corrected chi connectivity index (χ4v) is 5.52. The summed E-state index contributed by atoms with van der Waals surface area (Å²) in [6.45, 7) is 2.29. The van der Waals surface area contributed by atoms with E-state index in [4.69, 9.17) is 9.47 Å². The van der Waals surface area contributed by atoms with Crippen LogP contribution in [0, 0.1) is 23.4 Å². The zero-order chi connectivity index (χ0) is 26.0. The minimum absolute atomic E-state index is 0.0843. The Morgan fingerprint density at radius 3 is 2.00 bits per heavy atom. The third-order valence-electron chi connectivity index (χ3n) is 7.45. The summed E-state index contributed by atoms with van der Waals surface area (Å²) in [7, 11) is 0. The van der Waals surface area contributed by atoms with Crippen molar-refractivity contribution in [2.75, 3.05) is 26.2 Å². The standard InChI is InChI=1S/C29H27F3NO4/c30-23-9-7-19(8-10-23)26(34)17-33-13-11-20(12-14-33)27(18-33)36-29(35)37-28(21-3-1-5-24(31)15-21)22-4-2-6-25(32)16-22/h1-10,15-16,20,27-28H,11-14,17-18H2/q+1/t20?,27-,33?/m0/s1. The molecule has 3 aliphatic rings. The molecule has 0 aliphatic carbocycles. The lowest BCUT2D eigenvalue weighted by atomic mass is 9.83. The van der Waals surface area contributed by atoms with Crippen molar-refractivity contribution in [3.05, 3.63) is 107 Å². The average molecular weight is 511 g/mol. The Kier molecular flexibility index (Phi) is 7.02. The van der Waals surface area contributed by atoms with Crippen molar-refractivity contribution < 1.29 is 36.7 Å². The molecule has 0 N–H and O–H groups in total. The van der Waals surface area contributed by atoms with E-state index in [1.54, 1.807) is 12.1 Å². The Labute approximate surface area is 213 Å². The summed E-state index contributed by atoms with van der Waals surface area (Å²) >= 11 is 0. The monoisotopic (exact) mass is 510 g/mol. The number of Topliss-reactive ketones (excluding diaryl/α,β-unsaturated/α-hetero) is 1. The summed E-state index contributed by atoms with van der Waals surface area (Å²) in [6.07, 6.45) is -0.835. The first-order valence-electron chi connectivity index (χ1n) is 12.3. The third-order valence-corrected chi connectivity index (χ3v) is 7.45. The molecule has 5 nitrogen and oxygen atoms in total. The van der Waals surface area contributed by atoms with E-state index in [-0.39, 0.29) is 18.2 Å². The maximum atomic E-state index is 13.9. The molecule has 0 spiro atoms. The van der Waals surface area contributed by atoms with Crippen molar-refractivity contribution in [1.82, 2.24) is 0 Å². The Morgan fingerprint density at radius 2 is 1.43 bits per heavy atom. The number of rotatable bonds is 7. The van der Waals surface area contributed by atoms with Gasteiger partial charge in [-0.1, -0.05) is 24.3 Å². The van der Waals surface area contributed by atoms with Gasteiger partial charge in [0.1, 0.15) is 30.5 Å². The highest BCUT2D eigenvalue weighted by atomic mass is 19.1. The van der Waals surface area contributed by atoms with E-state index in [2.05, 4.69) is 0 Å². The fraction of sp³-hybridized carbons (Fsp3) is 0.310. The number of piperidine rings is 3. The molecule has 3 saturated heterocycles. The molecule has 1 atom stereocenters. The van der Waals surface area contributed by atoms with Gasteiger partial charge in [-0.05, 0) is 48.5 Å². The second-order valence-corrected chi connectivity index (χ2v) is 9.91. The highest BCUT2D eigenvalue weighted by molar-refractivity contribution is 5.97. The molecule has 3 fully saturated rings. The van der Waals surface area contributed by atoms with Crippen LogP contribution in [0.3, 0.4) is 0 Å². The van der Waals surface area contributed by atoms with Crippen molar-refractivity contribution >= 4 is 11.9 Å². The van der Waals surface area contributed by atoms with Gasteiger partial charge in [-0.25, -0.2) is 18.0 Å². The lowest BCUT2D eigenvalue weighted by molar-refractivity contribution is -0.938. The summed E-state index contributed by atoms with van der Waals surface area (Å²) in [4.78, 5) is 25.9. The number of hydrogen-bond donors (Lipinski definition) is 0. The van der Waals surface area contributed by atoms with E-state index in [0.29, 0.717) is 27.7 Å². The Hall–Kier alpha value is -3.65. The maximum Gasteiger partial charge on any atom is 0.509 e. The number of ether oxygens (including phenoxy) is 2. The van der Waals surface area contributed by atoms with Gasteiger partial charge in [0, 0.05) is 35.4 Å². The molecule has 0 unspecified atom stereocenters. The molecule has 3 heterocycles. The van der Waals surface area contributed by atoms with Gasteiger partial charge in [-0.15, -0.1) is 0 Å². The number of carbonyl (C=O) groups excluding carboxylic acids is 2. The molecular weight excluding hydrogens is 483 g/mol. The van der Waals surface area contributed by atoms with Crippen molar-refractivity contribution in [2.45, 2.75) is 25.0 Å². The third kappa shape index (κ3) is 5.69. The van der Waals surface area contributed by atoms with Crippen molar-refractivity contribution in [3.8, 4) is 0 Å². The smallest absolute Gasteiger partial charge is 0.425 e. The number of hydrogen-bond acceptors (Lipinski definition) is 4. The van der Waals surface area contributed by atoms with Gasteiger partial charge < -0.3 is 14.0 Å². The van der Waals surface area contributed by atoms with Gasteiger partial charge in [0.15, 0.2) is 12.2 Å². The summed E-state index contributed by atoms with van der Waals surface area (Å²) in [5.41, 5.74) is 1.15. The Morgan fingerprint density at radius 1 is 0.838 bits per heavy atom. The summed E-state index contributed by atoms with van der Waals surface area (Å²) in [5, 5.41) is 0. The second-order valence-electron chi connectivity index (χ2n) is 9.91. The molecule has 3 aliphatic heterocycles. The maximum absolute atomic E-state index is 13.9. The lowest BCUT2D eigenvalue weighted by Crippen LogP contribution is -2.65. The molecule has 3 aromatic rings. The number of benzene rings is 3. The number of ketones is 1. The first-order valence-corrected chi connectivity index (χ1v) is 12.3. The van der Waals surface area contributed by atoms with Gasteiger partial charge >= 0.3 is 6.16 Å². The number of carbonyl (C=O) groups is 2. The Bertz CT molecular complexity index is 1240. The average Bonchev–Trinajstić information content (AvgIpc) is 2.88. The molecule has 0 amide bonds. The minimum Gasteiger partial charge on any atom is -0.425 e. The summed E-state index contributed by atoms with van der Waals surface area (Å²) < 4.78 is 53.0. The van der Waals surface area contributed by atoms with Crippen LogP contribution in [0.4, 0.5) is 18.0 Å². The number of nitrogens with zero attached hydrogens (tertiary/aromatic N) is 1. The van der Waals surface area contributed by atoms with E-state index in [0.717, 1.165) is 25.9 Å². The zero-order valence-electron chi connectivity index (χ0n) is 20.1. The van der Waals surface area contributed by atoms with E-state index in [9.17, 15) is 22.8 Å². The predicted octanol–water partition coefficient (Wildman–Crippen LogP) is 5.84. The van der Waals surface area contributed by atoms with Gasteiger partial charge in [-0.3, -0.25) is 4.79 Å². The van der Waals surface area contributed by atoms with Crippen LogP contribution in [0.2, 0.25) is 0 Å². The van der Waals surface area contributed by atoms with Crippen LogP contribution >= 0.6 is 0 Å². The first-order chi connectivity index (χ1) is 17.8. The molecule has 37 heavy (non-hydrogen) atoms. The fourth-order valence-electron chi connectivity index (χ4n) is 5.52. The Balaban J connectivity index is 1.29. The number of quaternary nitrogens is 1. The SMILES string of the molecule is O=C(OC(c1cccc(F)c1)c1cccc(F)c1)O[C@H]1C[N+]2(CC(=O)c3ccc(F)cc3)CCC1CC2. The van der Waals surface area contributed by atoms with Crippen LogP contribution in [0.1, 0.15) is 40.4 Å². The predicted molar refractivity (Wildman–Crippen MR) is 129 cm³/mol. The van der Waals surface area contributed by atoms with Crippen LogP contribution < -0.4 is 0 Å². The van der Waals surface area contributed by atoms with E-state index >= 15 is 0 Å². The van der Waals surface area contributed by atoms with Crippen LogP contribution in [-0.4, -0.2) is 48.7 Å².